The van der Waals surface area contributed by atoms with Crippen molar-refractivity contribution >= 4 is 39.1 Å². The molecule has 0 saturated heterocycles. The normalized spacial score (nSPS) is 12.0. The Kier molecular flexibility index (Phi) is 9.34. The number of halogens is 1. The van der Waals surface area contributed by atoms with Crippen LogP contribution in [0.4, 0.5) is 5.69 Å². The molecule has 3 aromatic rings. The highest BCUT2D eigenvalue weighted by Crippen LogP contribution is 2.28. The largest absolute Gasteiger partial charge is 0.357 e. The van der Waals surface area contributed by atoms with E-state index in [9.17, 15) is 18.0 Å². The van der Waals surface area contributed by atoms with Crippen LogP contribution in [0.25, 0.3) is 0 Å². The van der Waals surface area contributed by atoms with E-state index in [4.69, 9.17) is 11.6 Å². The Labute approximate surface area is 224 Å². The first-order chi connectivity index (χ1) is 17.6. The fraction of sp³-hybridized carbons (Fsp3) is 0.286. The molecule has 1 N–H and O–H groups in total. The van der Waals surface area contributed by atoms with E-state index in [1.54, 1.807) is 55.5 Å². The molecule has 0 aliphatic heterocycles. The smallest absolute Gasteiger partial charge is 0.264 e. The minimum Gasteiger partial charge on any atom is -0.357 e. The fourth-order valence-electron chi connectivity index (χ4n) is 4.03. The van der Waals surface area contributed by atoms with Crippen molar-refractivity contribution < 1.29 is 18.0 Å². The first kappa shape index (κ1) is 28.2. The van der Waals surface area contributed by atoms with Crippen LogP contribution >= 0.6 is 11.6 Å². The van der Waals surface area contributed by atoms with Crippen molar-refractivity contribution in [3.05, 3.63) is 94.5 Å². The predicted octanol–water partition coefficient (Wildman–Crippen LogP) is 4.57. The summed E-state index contributed by atoms with van der Waals surface area (Å²) in [5.74, 6) is -0.880. The fourth-order valence-corrected chi connectivity index (χ4v) is 5.69. The molecule has 0 heterocycles. The zero-order valence-corrected chi connectivity index (χ0v) is 23.0. The van der Waals surface area contributed by atoms with Gasteiger partial charge in [0.1, 0.15) is 12.6 Å². The molecule has 3 rings (SSSR count). The lowest BCUT2D eigenvalue weighted by molar-refractivity contribution is -0.139. The number of para-hydroxylation sites is 1. The average Bonchev–Trinajstić information content (AvgIpc) is 2.89. The number of hydrogen-bond donors (Lipinski definition) is 1. The van der Waals surface area contributed by atoms with Crippen LogP contribution in [0.5, 0.6) is 0 Å². The lowest BCUT2D eigenvalue weighted by Crippen LogP contribution is -2.50. The number of aryl methyl sites for hydroxylation is 2. The van der Waals surface area contributed by atoms with E-state index in [1.807, 2.05) is 26.0 Å². The number of carbonyl (C=O) groups is 2. The van der Waals surface area contributed by atoms with Crippen LogP contribution in [0.2, 0.25) is 5.02 Å². The van der Waals surface area contributed by atoms with E-state index in [2.05, 4.69) is 5.32 Å². The molecule has 0 aromatic heterocycles. The molecule has 0 radical (unpaired) electrons. The molecule has 2 amide bonds. The summed E-state index contributed by atoms with van der Waals surface area (Å²) in [6.45, 7) is 5.02. The van der Waals surface area contributed by atoms with Crippen LogP contribution in [0.3, 0.4) is 0 Å². The molecule has 0 bridgehead atoms. The maximum Gasteiger partial charge on any atom is 0.264 e. The Balaban J connectivity index is 2.07. The van der Waals surface area contributed by atoms with Gasteiger partial charge < -0.3 is 10.2 Å². The summed E-state index contributed by atoms with van der Waals surface area (Å²) >= 11 is 6.14. The molecule has 0 fully saturated rings. The van der Waals surface area contributed by atoms with Gasteiger partial charge in [0.05, 0.1) is 10.6 Å². The summed E-state index contributed by atoms with van der Waals surface area (Å²) in [7, 11) is -2.61. The van der Waals surface area contributed by atoms with Crippen LogP contribution in [-0.2, 0) is 32.6 Å². The van der Waals surface area contributed by atoms with Gasteiger partial charge in [0.25, 0.3) is 10.0 Å². The van der Waals surface area contributed by atoms with Gasteiger partial charge in [-0.05, 0) is 61.7 Å². The number of nitrogens with one attached hydrogen (secondary N) is 1. The molecule has 37 heavy (non-hydrogen) atoms. The molecule has 0 aliphatic rings. The minimum absolute atomic E-state index is 0.0811. The van der Waals surface area contributed by atoms with Gasteiger partial charge in [-0.3, -0.25) is 13.9 Å². The van der Waals surface area contributed by atoms with Crippen LogP contribution in [0.15, 0.2) is 77.7 Å². The summed E-state index contributed by atoms with van der Waals surface area (Å²) in [6, 6.07) is 19.8. The van der Waals surface area contributed by atoms with Gasteiger partial charge >= 0.3 is 0 Å². The molecule has 3 aromatic carbocycles. The third-order valence-corrected chi connectivity index (χ3v) is 8.19. The maximum absolute atomic E-state index is 13.9. The van der Waals surface area contributed by atoms with Crippen LogP contribution < -0.4 is 9.62 Å². The van der Waals surface area contributed by atoms with Crippen molar-refractivity contribution in [3.8, 4) is 0 Å². The van der Waals surface area contributed by atoms with Crippen molar-refractivity contribution in [1.82, 2.24) is 10.2 Å². The zero-order chi connectivity index (χ0) is 27.2. The number of likely N-dealkylation sites (N-methyl/N-ethyl adjacent to an activating group) is 1. The van der Waals surface area contributed by atoms with Gasteiger partial charge in [0.2, 0.25) is 11.8 Å². The highest BCUT2D eigenvalue weighted by molar-refractivity contribution is 7.92. The minimum atomic E-state index is -4.10. The Morgan fingerprint density at radius 2 is 1.68 bits per heavy atom. The average molecular weight is 542 g/mol. The molecule has 196 valence electrons. The molecule has 1 atom stereocenters. The lowest BCUT2D eigenvalue weighted by Gasteiger charge is -2.32. The van der Waals surface area contributed by atoms with Gasteiger partial charge in [0, 0.05) is 18.6 Å². The second-order valence-electron chi connectivity index (χ2n) is 8.75. The second kappa shape index (κ2) is 12.3. The number of nitrogens with zero attached hydrogens (tertiary/aromatic N) is 2. The van der Waals surface area contributed by atoms with Crippen molar-refractivity contribution in [2.24, 2.45) is 0 Å². The number of anilines is 1. The quantitative estimate of drug-likeness (QED) is 0.407. The Morgan fingerprint density at radius 1 is 1.00 bits per heavy atom. The monoisotopic (exact) mass is 541 g/mol. The first-order valence-electron chi connectivity index (χ1n) is 12.0. The molecule has 7 nitrogen and oxygen atoms in total. The molecule has 1 unspecified atom stereocenters. The number of rotatable bonds is 10. The molecule has 0 aliphatic carbocycles. The van der Waals surface area contributed by atoms with Crippen LogP contribution in [0.1, 0.15) is 30.5 Å². The molecule has 9 heteroatoms. The van der Waals surface area contributed by atoms with Gasteiger partial charge in [0.15, 0.2) is 0 Å². The van der Waals surface area contributed by atoms with Gasteiger partial charge in [-0.2, -0.15) is 0 Å². The number of hydrogen-bond acceptors (Lipinski definition) is 4. The maximum atomic E-state index is 13.9. The number of sulfonamides is 1. The molecule has 0 spiro atoms. The second-order valence-corrected chi connectivity index (χ2v) is 11.0. The van der Waals surface area contributed by atoms with Crippen LogP contribution in [0, 0.1) is 6.92 Å². The van der Waals surface area contributed by atoms with Gasteiger partial charge in [-0.25, -0.2) is 8.42 Å². The van der Waals surface area contributed by atoms with E-state index in [0.29, 0.717) is 17.1 Å². The van der Waals surface area contributed by atoms with Crippen molar-refractivity contribution in [3.63, 3.8) is 0 Å². The van der Waals surface area contributed by atoms with Crippen molar-refractivity contribution in [1.29, 1.82) is 0 Å². The topological polar surface area (TPSA) is 86.8 Å². The van der Waals surface area contributed by atoms with Crippen molar-refractivity contribution in [2.45, 2.75) is 44.7 Å². The standard InChI is InChI=1S/C28H32ClN3O4S/c1-5-23-10-6-7-12-26(23)32(37(35,36)25-15-13-20(2)14-16-25)19-27(33)31(21(3)28(34)30-4)18-22-9-8-11-24(29)17-22/h6-17,21H,5,18-19H2,1-4H3,(H,30,34). The number of benzene rings is 3. The summed E-state index contributed by atoms with van der Waals surface area (Å²) < 4.78 is 28.9. The highest BCUT2D eigenvalue weighted by Gasteiger charge is 2.33. The molecule has 0 saturated carbocycles. The van der Waals surface area contributed by atoms with E-state index < -0.39 is 28.5 Å². The Morgan fingerprint density at radius 3 is 2.30 bits per heavy atom. The van der Waals surface area contributed by atoms with Crippen molar-refractivity contribution in [2.75, 3.05) is 17.9 Å². The van der Waals surface area contributed by atoms with E-state index in [0.717, 1.165) is 21.0 Å². The predicted molar refractivity (Wildman–Crippen MR) is 147 cm³/mol. The SMILES string of the molecule is CCc1ccccc1N(CC(=O)N(Cc1cccc(Cl)c1)C(C)C(=O)NC)S(=O)(=O)c1ccc(C)cc1. The van der Waals surface area contributed by atoms with Gasteiger partial charge in [-0.15, -0.1) is 0 Å². The summed E-state index contributed by atoms with van der Waals surface area (Å²) in [4.78, 5) is 27.8. The molecular weight excluding hydrogens is 510 g/mol. The third-order valence-electron chi connectivity index (χ3n) is 6.18. The van der Waals surface area contributed by atoms with Gasteiger partial charge in [-0.1, -0.05) is 66.6 Å². The first-order valence-corrected chi connectivity index (χ1v) is 13.8. The number of carbonyl (C=O) groups excluding carboxylic acids is 2. The number of amides is 2. The van der Waals surface area contributed by atoms with E-state index in [-0.39, 0.29) is 17.3 Å². The molecular formula is C28H32ClN3O4S. The van der Waals surface area contributed by atoms with E-state index >= 15 is 0 Å². The van der Waals surface area contributed by atoms with E-state index in [1.165, 1.54) is 24.1 Å². The third kappa shape index (κ3) is 6.70. The highest BCUT2D eigenvalue weighted by atomic mass is 35.5. The summed E-state index contributed by atoms with van der Waals surface area (Å²) in [5, 5.41) is 3.07. The summed E-state index contributed by atoms with van der Waals surface area (Å²) in [6.07, 6.45) is 0.575. The Bertz CT molecular complexity index is 1360. The lowest BCUT2D eigenvalue weighted by atomic mass is 10.1. The summed E-state index contributed by atoms with van der Waals surface area (Å²) in [5.41, 5.74) is 2.85. The van der Waals surface area contributed by atoms with Crippen LogP contribution in [-0.4, -0.2) is 44.8 Å². The Hall–Kier alpha value is -3.36. The zero-order valence-electron chi connectivity index (χ0n) is 21.4.